The van der Waals surface area contributed by atoms with Crippen molar-refractivity contribution < 1.29 is 4.79 Å². The first kappa shape index (κ1) is 18.9. The van der Waals surface area contributed by atoms with Crippen LogP contribution in [0.1, 0.15) is 35.9 Å². The van der Waals surface area contributed by atoms with E-state index in [0.29, 0.717) is 18.7 Å². The second kappa shape index (κ2) is 7.32. The van der Waals surface area contributed by atoms with Crippen molar-refractivity contribution in [2.24, 2.45) is 0 Å². The summed E-state index contributed by atoms with van der Waals surface area (Å²) in [5.74, 6) is 0.0322. The Morgan fingerprint density at radius 1 is 1.17 bits per heavy atom. The molecule has 0 N–H and O–H groups in total. The van der Waals surface area contributed by atoms with Crippen LogP contribution in [0.5, 0.6) is 0 Å². The van der Waals surface area contributed by atoms with Crippen LogP contribution in [0.4, 0.5) is 5.13 Å². The lowest BCUT2D eigenvalue weighted by Gasteiger charge is -2.34. The molecule has 0 unspecified atom stereocenters. The Bertz CT molecular complexity index is 1200. The molecule has 5 rings (SSSR count). The molecular weight excluding hydrogens is 398 g/mol. The molecule has 0 radical (unpaired) electrons. The molecular formula is C21H23N7OS. The third-order valence-corrected chi connectivity index (χ3v) is 6.51. The predicted molar refractivity (Wildman–Crippen MR) is 118 cm³/mol. The van der Waals surface area contributed by atoms with Gasteiger partial charge in [0, 0.05) is 43.8 Å². The summed E-state index contributed by atoms with van der Waals surface area (Å²) in [4.78, 5) is 32.0. The number of nitrogens with zero attached hydrogens (tertiary/aromatic N) is 7. The van der Waals surface area contributed by atoms with Crippen molar-refractivity contribution in [1.29, 1.82) is 0 Å². The molecule has 9 heteroatoms. The zero-order valence-corrected chi connectivity index (χ0v) is 18.1. The van der Waals surface area contributed by atoms with Crippen molar-refractivity contribution in [3.63, 3.8) is 0 Å². The van der Waals surface area contributed by atoms with Crippen LogP contribution < -0.4 is 4.90 Å². The summed E-state index contributed by atoms with van der Waals surface area (Å²) in [6.07, 6.45) is 3.58. The number of fused-ring (bicyclic) bond motifs is 2. The van der Waals surface area contributed by atoms with Crippen molar-refractivity contribution in [3.8, 4) is 0 Å². The van der Waals surface area contributed by atoms with E-state index >= 15 is 0 Å². The van der Waals surface area contributed by atoms with Crippen molar-refractivity contribution in [3.05, 3.63) is 41.9 Å². The van der Waals surface area contributed by atoms with Gasteiger partial charge in [0.2, 0.25) is 0 Å². The van der Waals surface area contributed by atoms with Gasteiger partial charge < -0.3 is 9.80 Å². The van der Waals surface area contributed by atoms with Crippen molar-refractivity contribution in [2.75, 3.05) is 31.1 Å². The molecule has 0 saturated carbocycles. The van der Waals surface area contributed by atoms with Gasteiger partial charge in [-0.3, -0.25) is 4.79 Å². The number of amides is 1. The van der Waals surface area contributed by atoms with Gasteiger partial charge in [0.15, 0.2) is 10.8 Å². The molecule has 4 aromatic heterocycles. The molecule has 0 spiro atoms. The number of aryl methyl sites for hydroxylation is 1. The minimum absolute atomic E-state index is 0.0322. The molecule has 154 valence electrons. The Hall–Kier alpha value is -3.07. The van der Waals surface area contributed by atoms with E-state index in [4.69, 9.17) is 0 Å². The number of hydrogen-bond donors (Lipinski definition) is 0. The Labute approximate surface area is 178 Å². The van der Waals surface area contributed by atoms with Crippen molar-refractivity contribution in [1.82, 2.24) is 29.6 Å². The molecule has 1 fully saturated rings. The average Bonchev–Trinajstić information content (AvgIpc) is 3.36. The van der Waals surface area contributed by atoms with E-state index in [2.05, 4.69) is 38.8 Å². The number of thiazole rings is 1. The van der Waals surface area contributed by atoms with Gasteiger partial charge in [-0.1, -0.05) is 11.3 Å². The summed E-state index contributed by atoms with van der Waals surface area (Å²) >= 11 is 1.60. The number of carbonyl (C=O) groups excluding carboxylic acids is 1. The largest absolute Gasteiger partial charge is 0.344 e. The fourth-order valence-electron chi connectivity index (χ4n) is 3.82. The van der Waals surface area contributed by atoms with Gasteiger partial charge >= 0.3 is 0 Å². The molecule has 8 nitrogen and oxygen atoms in total. The van der Waals surface area contributed by atoms with E-state index in [1.807, 2.05) is 34.7 Å². The predicted octanol–water partition coefficient (Wildman–Crippen LogP) is 3.29. The molecule has 0 bridgehead atoms. The highest BCUT2D eigenvalue weighted by Crippen LogP contribution is 2.28. The quantitative estimate of drug-likeness (QED) is 0.505. The number of rotatable bonds is 3. The third kappa shape index (κ3) is 3.19. The van der Waals surface area contributed by atoms with E-state index in [-0.39, 0.29) is 11.9 Å². The van der Waals surface area contributed by atoms with Gasteiger partial charge in [-0.05, 0) is 39.0 Å². The van der Waals surface area contributed by atoms with Crippen LogP contribution in [0.25, 0.3) is 21.4 Å². The average molecular weight is 422 g/mol. The van der Waals surface area contributed by atoms with Gasteiger partial charge in [-0.15, -0.1) is 0 Å². The molecule has 1 aliphatic heterocycles. The number of hydrogen-bond acceptors (Lipinski definition) is 7. The smallest absolute Gasteiger partial charge is 0.255 e. The van der Waals surface area contributed by atoms with Gasteiger partial charge in [-0.25, -0.2) is 19.6 Å². The van der Waals surface area contributed by atoms with E-state index in [1.54, 1.807) is 23.7 Å². The Morgan fingerprint density at radius 2 is 1.97 bits per heavy atom. The molecule has 4 aromatic rings. The van der Waals surface area contributed by atoms with Crippen molar-refractivity contribution >= 4 is 43.8 Å². The normalized spacial score (nSPS) is 14.9. The maximum absolute atomic E-state index is 13.2. The highest BCUT2D eigenvalue weighted by atomic mass is 32.1. The Morgan fingerprint density at radius 3 is 2.70 bits per heavy atom. The lowest BCUT2D eigenvalue weighted by atomic mass is 10.1. The molecule has 0 atom stereocenters. The number of pyridine rings is 2. The zero-order chi connectivity index (χ0) is 20.8. The maximum Gasteiger partial charge on any atom is 0.255 e. The number of anilines is 1. The van der Waals surface area contributed by atoms with Crippen LogP contribution in [0.3, 0.4) is 0 Å². The van der Waals surface area contributed by atoms with E-state index in [1.165, 1.54) is 0 Å². The van der Waals surface area contributed by atoms with Crippen LogP contribution in [0.15, 0.2) is 30.6 Å². The molecule has 30 heavy (non-hydrogen) atoms. The Balaban J connectivity index is 1.33. The van der Waals surface area contributed by atoms with E-state index in [0.717, 1.165) is 45.3 Å². The standard InChI is InChI=1S/C21H23N7OS/c1-13(2)28-18-15(12-23-28)11-16(14(3)24-18)20(29)26-7-9-27(10-8-26)21-25-17-5-4-6-22-19(17)30-21/h4-6,11-13H,7-10H2,1-3H3. The Kier molecular flexibility index (Phi) is 4.62. The summed E-state index contributed by atoms with van der Waals surface area (Å²) in [5, 5.41) is 6.29. The first-order valence-electron chi connectivity index (χ1n) is 10.1. The molecule has 1 saturated heterocycles. The van der Waals surface area contributed by atoms with Crippen LogP contribution >= 0.6 is 11.3 Å². The fraction of sp³-hybridized carbons (Fsp3) is 0.381. The highest BCUT2D eigenvalue weighted by molar-refractivity contribution is 7.21. The van der Waals surface area contributed by atoms with Crippen LogP contribution in [0, 0.1) is 6.92 Å². The maximum atomic E-state index is 13.2. The second-order valence-corrected chi connectivity index (χ2v) is 8.78. The van der Waals surface area contributed by atoms with Gasteiger partial charge in [0.05, 0.1) is 17.5 Å². The lowest BCUT2D eigenvalue weighted by molar-refractivity contribution is 0.0745. The summed E-state index contributed by atoms with van der Waals surface area (Å²) in [7, 11) is 0. The first-order chi connectivity index (χ1) is 14.5. The minimum Gasteiger partial charge on any atom is -0.344 e. The SMILES string of the molecule is Cc1nc2c(cnn2C(C)C)cc1C(=O)N1CCN(c2nc3cccnc3s2)CC1. The summed E-state index contributed by atoms with van der Waals surface area (Å²) in [6, 6.07) is 6.04. The molecule has 0 aliphatic carbocycles. The molecule has 1 aliphatic rings. The number of piperazine rings is 1. The topological polar surface area (TPSA) is 80.0 Å². The third-order valence-electron chi connectivity index (χ3n) is 5.47. The monoisotopic (exact) mass is 421 g/mol. The molecule has 5 heterocycles. The van der Waals surface area contributed by atoms with Gasteiger partial charge in [0.1, 0.15) is 10.3 Å². The van der Waals surface area contributed by atoms with E-state index in [9.17, 15) is 4.79 Å². The fourth-order valence-corrected chi connectivity index (χ4v) is 4.79. The van der Waals surface area contributed by atoms with Crippen LogP contribution in [0.2, 0.25) is 0 Å². The number of carbonyl (C=O) groups is 1. The first-order valence-corrected chi connectivity index (χ1v) is 10.9. The summed E-state index contributed by atoms with van der Waals surface area (Å²) in [6.45, 7) is 8.87. The van der Waals surface area contributed by atoms with Gasteiger partial charge in [0.25, 0.3) is 5.91 Å². The zero-order valence-electron chi connectivity index (χ0n) is 17.2. The molecule has 0 aromatic carbocycles. The number of aromatic nitrogens is 5. The summed E-state index contributed by atoms with van der Waals surface area (Å²) < 4.78 is 1.89. The van der Waals surface area contributed by atoms with E-state index < -0.39 is 0 Å². The highest BCUT2D eigenvalue weighted by Gasteiger charge is 2.26. The molecule has 1 amide bonds. The van der Waals surface area contributed by atoms with Crippen molar-refractivity contribution in [2.45, 2.75) is 26.8 Å². The summed E-state index contributed by atoms with van der Waals surface area (Å²) in [5.41, 5.74) is 3.15. The van der Waals surface area contributed by atoms with Crippen LogP contribution in [-0.2, 0) is 0 Å². The van der Waals surface area contributed by atoms with Crippen LogP contribution in [-0.4, -0.2) is 61.7 Å². The van der Waals surface area contributed by atoms with Gasteiger partial charge in [-0.2, -0.15) is 5.10 Å². The minimum atomic E-state index is 0.0322. The lowest BCUT2D eigenvalue weighted by Crippen LogP contribution is -2.49. The second-order valence-electron chi connectivity index (χ2n) is 7.82.